The summed E-state index contributed by atoms with van der Waals surface area (Å²) < 4.78 is 18.3. The van der Waals surface area contributed by atoms with Crippen molar-refractivity contribution in [3.05, 3.63) is 0 Å². The Morgan fingerprint density at radius 2 is 2.15 bits per heavy atom. The van der Waals surface area contributed by atoms with E-state index >= 15 is 0 Å². The molecule has 3 nitrogen and oxygen atoms in total. The molecule has 4 atom stereocenters. The zero-order valence-electron chi connectivity index (χ0n) is 8.08. The van der Waals surface area contributed by atoms with Crippen LogP contribution in [-0.4, -0.2) is 25.6 Å². The Morgan fingerprint density at radius 1 is 1.46 bits per heavy atom. The summed E-state index contributed by atoms with van der Waals surface area (Å²) in [5, 5.41) is 0. The second kappa shape index (κ2) is 4.88. The number of rotatable bonds is 3. The maximum atomic E-state index is 13.2. The van der Waals surface area contributed by atoms with Gasteiger partial charge in [-0.25, -0.2) is 4.39 Å². The van der Waals surface area contributed by atoms with Gasteiger partial charge in [-0.3, -0.25) is 0 Å². The Labute approximate surface area is 78.6 Å². The Balaban J connectivity index is 2.37. The molecule has 78 valence electrons. The summed E-state index contributed by atoms with van der Waals surface area (Å²) in [4.78, 5) is 0. The summed E-state index contributed by atoms with van der Waals surface area (Å²) in [6.45, 7) is 2.71. The lowest BCUT2D eigenvalue weighted by Crippen LogP contribution is -2.43. The van der Waals surface area contributed by atoms with Crippen molar-refractivity contribution in [3.63, 3.8) is 0 Å². The summed E-state index contributed by atoms with van der Waals surface area (Å²) in [6.07, 6.45) is 0.520. The first kappa shape index (κ1) is 10.9. The molecule has 1 rings (SSSR count). The van der Waals surface area contributed by atoms with Gasteiger partial charge in [-0.1, -0.05) is 6.92 Å². The second-order valence-electron chi connectivity index (χ2n) is 3.93. The average molecular weight is 190 g/mol. The number of ether oxygens (including phenoxy) is 1. The number of alkyl halides is 1. The molecule has 0 spiro atoms. The molecule has 1 aliphatic carbocycles. The Hall–Kier alpha value is -0.190. The van der Waals surface area contributed by atoms with Crippen LogP contribution in [0.2, 0.25) is 0 Å². The predicted molar refractivity (Wildman–Crippen MR) is 49.8 cm³/mol. The fourth-order valence-corrected chi connectivity index (χ4v) is 1.90. The molecule has 0 saturated heterocycles. The summed E-state index contributed by atoms with van der Waals surface area (Å²) in [5.41, 5.74) is 11.0. The van der Waals surface area contributed by atoms with Crippen LogP contribution in [0.4, 0.5) is 4.39 Å². The second-order valence-corrected chi connectivity index (χ2v) is 3.93. The van der Waals surface area contributed by atoms with Gasteiger partial charge in [-0.2, -0.15) is 0 Å². The zero-order valence-corrected chi connectivity index (χ0v) is 8.08. The van der Waals surface area contributed by atoms with Crippen molar-refractivity contribution in [2.75, 3.05) is 13.3 Å². The minimum absolute atomic E-state index is 0.0715. The molecule has 0 aliphatic heterocycles. The van der Waals surface area contributed by atoms with Crippen LogP contribution >= 0.6 is 0 Å². The van der Waals surface area contributed by atoms with Gasteiger partial charge in [0.2, 0.25) is 0 Å². The molecule has 3 unspecified atom stereocenters. The van der Waals surface area contributed by atoms with E-state index in [4.69, 9.17) is 16.2 Å². The molecule has 4 N–H and O–H groups in total. The first-order valence-corrected chi connectivity index (χ1v) is 4.82. The highest BCUT2D eigenvalue weighted by Gasteiger charge is 2.32. The normalized spacial score (nSPS) is 40.6. The van der Waals surface area contributed by atoms with E-state index in [1.54, 1.807) is 0 Å². The molecule has 0 bridgehead atoms. The van der Waals surface area contributed by atoms with Gasteiger partial charge in [0.05, 0.1) is 13.3 Å². The lowest BCUT2D eigenvalue weighted by atomic mass is 9.78. The quantitative estimate of drug-likeness (QED) is 0.642. The van der Waals surface area contributed by atoms with Crippen LogP contribution < -0.4 is 11.5 Å². The summed E-state index contributed by atoms with van der Waals surface area (Å²) in [6, 6.07) is -0.0715. The van der Waals surface area contributed by atoms with Gasteiger partial charge in [0.25, 0.3) is 0 Å². The molecule has 1 saturated carbocycles. The van der Waals surface area contributed by atoms with Crippen molar-refractivity contribution in [3.8, 4) is 0 Å². The molecule has 13 heavy (non-hydrogen) atoms. The first-order valence-electron chi connectivity index (χ1n) is 4.82. The van der Waals surface area contributed by atoms with E-state index in [1.165, 1.54) is 0 Å². The van der Waals surface area contributed by atoms with E-state index in [9.17, 15) is 4.39 Å². The number of nitrogens with two attached hydrogens (primary N) is 2. The van der Waals surface area contributed by atoms with Gasteiger partial charge < -0.3 is 16.2 Å². The third-order valence-corrected chi connectivity index (χ3v) is 2.84. The van der Waals surface area contributed by atoms with Crippen LogP contribution in [0.25, 0.3) is 0 Å². The van der Waals surface area contributed by atoms with E-state index in [2.05, 4.69) is 0 Å². The van der Waals surface area contributed by atoms with E-state index in [0.717, 1.165) is 6.42 Å². The van der Waals surface area contributed by atoms with Gasteiger partial charge in [-0.15, -0.1) is 0 Å². The minimum Gasteiger partial charge on any atom is -0.366 e. The van der Waals surface area contributed by atoms with Gasteiger partial charge in [-0.05, 0) is 24.7 Å². The monoisotopic (exact) mass is 190 g/mol. The van der Waals surface area contributed by atoms with Crippen LogP contribution in [0.3, 0.4) is 0 Å². The Bertz CT molecular complexity index is 157. The Kier molecular flexibility index (Phi) is 4.09. The van der Waals surface area contributed by atoms with Crippen LogP contribution in [-0.2, 0) is 4.74 Å². The number of hydrogen-bond acceptors (Lipinski definition) is 3. The third-order valence-electron chi connectivity index (χ3n) is 2.84. The van der Waals surface area contributed by atoms with Crippen molar-refractivity contribution in [2.24, 2.45) is 23.3 Å². The average Bonchev–Trinajstić information content (AvgIpc) is 2.09. The molecule has 0 amide bonds. The van der Waals surface area contributed by atoms with Gasteiger partial charge in [0, 0.05) is 6.04 Å². The first-order chi connectivity index (χ1) is 6.15. The van der Waals surface area contributed by atoms with E-state index in [-0.39, 0.29) is 24.6 Å². The van der Waals surface area contributed by atoms with Crippen molar-refractivity contribution < 1.29 is 9.13 Å². The Morgan fingerprint density at radius 3 is 2.77 bits per heavy atom. The topological polar surface area (TPSA) is 61.3 Å². The van der Waals surface area contributed by atoms with E-state index in [1.807, 2.05) is 6.92 Å². The third kappa shape index (κ3) is 2.90. The predicted octanol–water partition coefficient (Wildman–Crippen LogP) is 0.631. The molecule has 0 aromatic carbocycles. The molecular formula is C9H19FN2O. The molecule has 0 radical (unpaired) electrons. The SMILES string of the molecule is CC1CC(COCN)[C@H](N)CC1F. The summed E-state index contributed by atoms with van der Waals surface area (Å²) in [5.74, 6) is 0.372. The molecule has 4 heteroatoms. The number of halogens is 1. The van der Waals surface area contributed by atoms with Crippen LogP contribution in [0.1, 0.15) is 19.8 Å². The molecule has 0 aromatic heterocycles. The fraction of sp³-hybridized carbons (Fsp3) is 1.00. The molecule has 0 heterocycles. The highest BCUT2D eigenvalue weighted by Crippen LogP contribution is 2.30. The largest absolute Gasteiger partial charge is 0.366 e. The van der Waals surface area contributed by atoms with E-state index in [0.29, 0.717) is 13.0 Å². The molecule has 1 fully saturated rings. The standard InChI is InChI=1S/C9H19FN2O/c1-6-2-7(4-13-5-11)9(12)3-8(6)10/h6-9H,2-5,11-12H2,1H3/t6?,7?,8?,9-/m1/s1. The molecule has 1 aliphatic rings. The maximum Gasteiger partial charge on any atom is 0.104 e. The van der Waals surface area contributed by atoms with Crippen molar-refractivity contribution in [2.45, 2.75) is 32.0 Å². The van der Waals surface area contributed by atoms with E-state index < -0.39 is 6.17 Å². The molecule has 0 aromatic rings. The van der Waals surface area contributed by atoms with Crippen molar-refractivity contribution >= 4 is 0 Å². The maximum absolute atomic E-state index is 13.2. The summed E-state index contributed by atoms with van der Waals surface area (Å²) >= 11 is 0. The fourth-order valence-electron chi connectivity index (χ4n) is 1.90. The van der Waals surface area contributed by atoms with Gasteiger partial charge in [0.1, 0.15) is 6.17 Å². The lowest BCUT2D eigenvalue weighted by molar-refractivity contribution is 0.0442. The van der Waals surface area contributed by atoms with Crippen LogP contribution in [0, 0.1) is 11.8 Å². The van der Waals surface area contributed by atoms with Crippen LogP contribution in [0.5, 0.6) is 0 Å². The molecular weight excluding hydrogens is 171 g/mol. The van der Waals surface area contributed by atoms with Gasteiger partial charge in [0.15, 0.2) is 0 Å². The van der Waals surface area contributed by atoms with Crippen molar-refractivity contribution in [1.29, 1.82) is 0 Å². The van der Waals surface area contributed by atoms with Crippen LogP contribution in [0.15, 0.2) is 0 Å². The number of hydrogen-bond donors (Lipinski definition) is 2. The minimum atomic E-state index is -0.746. The lowest BCUT2D eigenvalue weighted by Gasteiger charge is -2.34. The highest BCUT2D eigenvalue weighted by molar-refractivity contribution is 4.86. The van der Waals surface area contributed by atoms with Gasteiger partial charge >= 0.3 is 0 Å². The van der Waals surface area contributed by atoms with Crippen molar-refractivity contribution in [1.82, 2.24) is 0 Å². The highest BCUT2D eigenvalue weighted by atomic mass is 19.1. The summed E-state index contributed by atoms with van der Waals surface area (Å²) in [7, 11) is 0. The zero-order chi connectivity index (χ0) is 9.84. The smallest absolute Gasteiger partial charge is 0.104 e.